The Balaban J connectivity index is 1.43. The third-order valence-corrected chi connectivity index (χ3v) is 4.98. The van der Waals surface area contributed by atoms with Crippen molar-refractivity contribution in [1.82, 2.24) is 29.1 Å². The number of fused-ring (bicyclic) bond motifs is 1. The molecule has 0 amide bonds. The lowest BCUT2D eigenvalue weighted by Crippen LogP contribution is -2.03. The Hall–Kier alpha value is -4.20. The van der Waals surface area contributed by atoms with Gasteiger partial charge in [0.1, 0.15) is 11.3 Å². The number of nitrogens with one attached hydrogen (secondary N) is 1. The van der Waals surface area contributed by atoms with Gasteiger partial charge in [-0.1, -0.05) is 30.3 Å². The summed E-state index contributed by atoms with van der Waals surface area (Å²) in [5.74, 6) is 1.22. The second kappa shape index (κ2) is 7.91. The molecule has 1 N–H and O–H groups in total. The Morgan fingerprint density at radius 2 is 1.87 bits per heavy atom. The number of hydrogen-bond donors (Lipinski definition) is 1. The van der Waals surface area contributed by atoms with Gasteiger partial charge < -0.3 is 19.2 Å². The van der Waals surface area contributed by atoms with Crippen LogP contribution < -0.4 is 10.1 Å². The van der Waals surface area contributed by atoms with E-state index in [1.165, 1.54) is 5.56 Å². The predicted molar refractivity (Wildman–Crippen MR) is 119 cm³/mol. The maximum absolute atomic E-state index is 5.59. The van der Waals surface area contributed by atoms with Crippen LogP contribution in [0.3, 0.4) is 0 Å². The van der Waals surface area contributed by atoms with E-state index in [2.05, 4.69) is 37.4 Å². The van der Waals surface area contributed by atoms with Gasteiger partial charge in [-0.2, -0.15) is 4.98 Å². The van der Waals surface area contributed by atoms with Crippen LogP contribution in [0.15, 0.2) is 73.6 Å². The van der Waals surface area contributed by atoms with Gasteiger partial charge in [0.25, 0.3) is 0 Å². The molecule has 5 rings (SSSR count). The van der Waals surface area contributed by atoms with Crippen LogP contribution in [0.25, 0.3) is 16.9 Å². The third-order valence-electron chi connectivity index (χ3n) is 4.98. The van der Waals surface area contributed by atoms with Crippen LogP contribution in [0, 0.1) is 6.92 Å². The van der Waals surface area contributed by atoms with Gasteiger partial charge in [-0.05, 0) is 24.6 Å². The molecule has 0 unspecified atom stereocenters. The molecule has 0 saturated heterocycles. The first-order chi connectivity index (χ1) is 15.2. The van der Waals surface area contributed by atoms with Crippen LogP contribution in [0.1, 0.15) is 11.3 Å². The number of benzene rings is 2. The molecule has 0 aliphatic heterocycles. The second-order valence-corrected chi connectivity index (χ2v) is 7.19. The number of aryl methyl sites for hydroxylation is 1. The largest absolute Gasteiger partial charge is 0.494 e. The van der Waals surface area contributed by atoms with Crippen molar-refractivity contribution >= 4 is 22.8 Å². The van der Waals surface area contributed by atoms with Gasteiger partial charge in [0.15, 0.2) is 5.65 Å². The molecule has 0 bridgehead atoms. The molecule has 3 heterocycles. The average Bonchev–Trinajstić information content (AvgIpc) is 3.40. The van der Waals surface area contributed by atoms with Gasteiger partial charge >= 0.3 is 0 Å². The molecule has 0 radical (unpaired) electrons. The molecule has 8 heteroatoms. The quantitative estimate of drug-likeness (QED) is 0.453. The predicted octanol–water partition coefficient (Wildman–Crippen LogP) is 4.12. The Morgan fingerprint density at radius 1 is 1.00 bits per heavy atom. The number of methoxy groups -OCH3 is 1. The Bertz CT molecular complexity index is 1340. The monoisotopic (exact) mass is 411 g/mol. The minimum absolute atomic E-state index is 0.496. The fourth-order valence-corrected chi connectivity index (χ4v) is 3.46. The van der Waals surface area contributed by atoms with E-state index < -0.39 is 0 Å². The van der Waals surface area contributed by atoms with Gasteiger partial charge in [0, 0.05) is 18.0 Å². The first kappa shape index (κ1) is 18.8. The van der Waals surface area contributed by atoms with E-state index in [4.69, 9.17) is 4.74 Å². The molecule has 154 valence electrons. The lowest BCUT2D eigenvalue weighted by Gasteiger charge is -2.12. The molecule has 0 atom stereocenters. The summed E-state index contributed by atoms with van der Waals surface area (Å²) in [6, 6.07) is 16.1. The molecule has 3 aromatic heterocycles. The standard InChI is InChI=1S/C23H21N7O/c1-16-12-29(14-25-16)20-9-8-18(10-21(20)31-2)27-23-24-11-19-22(28-23)30(15-26-19)13-17-6-4-3-5-7-17/h3-12,14-15H,13H2,1-2H3,(H,24,27,28). The Labute approximate surface area is 179 Å². The van der Waals surface area contributed by atoms with Crippen molar-refractivity contribution in [3.8, 4) is 11.4 Å². The zero-order valence-electron chi connectivity index (χ0n) is 17.2. The highest BCUT2D eigenvalue weighted by molar-refractivity contribution is 5.72. The lowest BCUT2D eigenvalue weighted by atomic mass is 10.2. The van der Waals surface area contributed by atoms with E-state index in [-0.39, 0.29) is 0 Å². The zero-order chi connectivity index (χ0) is 21.2. The SMILES string of the molecule is COc1cc(Nc2ncc3ncn(Cc4ccccc4)c3n2)ccc1-n1cnc(C)c1. The minimum Gasteiger partial charge on any atom is -0.494 e. The number of rotatable bonds is 6. The van der Waals surface area contributed by atoms with E-state index in [1.807, 2.05) is 58.7 Å². The summed E-state index contributed by atoms with van der Waals surface area (Å²) in [6.07, 6.45) is 7.24. The zero-order valence-corrected chi connectivity index (χ0v) is 17.2. The molecule has 0 aliphatic rings. The van der Waals surface area contributed by atoms with Crippen molar-refractivity contribution in [2.45, 2.75) is 13.5 Å². The normalized spacial score (nSPS) is 11.0. The van der Waals surface area contributed by atoms with Crippen LogP contribution in [0.2, 0.25) is 0 Å². The van der Waals surface area contributed by atoms with Crippen LogP contribution in [0.5, 0.6) is 5.75 Å². The molecule has 2 aromatic carbocycles. The van der Waals surface area contributed by atoms with Gasteiger partial charge in [-0.25, -0.2) is 15.0 Å². The maximum Gasteiger partial charge on any atom is 0.229 e. The molecular formula is C23H21N7O. The van der Waals surface area contributed by atoms with Crippen molar-refractivity contribution in [3.05, 3.63) is 84.8 Å². The van der Waals surface area contributed by atoms with Crippen LogP contribution in [0.4, 0.5) is 11.6 Å². The highest BCUT2D eigenvalue weighted by atomic mass is 16.5. The van der Waals surface area contributed by atoms with Crippen molar-refractivity contribution in [1.29, 1.82) is 0 Å². The van der Waals surface area contributed by atoms with Crippen molar-refractivity contribution in [2.75, 3.05) is 12.4 Å². The summed E-state index contributed by atoms with van der Waals surface area (Å²) in [5.41, 5.74) is 5.39. The summed E-state index contributed by atoms with van der Waals surface area (Å²) in [6.45, 7) is 2.65. The number of aromatic nitrogens is 6. The summed E-state index contributed by atoms with van der Waals surface area (Å²) >= 11 is 0. The van der Waals surface area contributed by atoms with E-state index >= 15 is 0 Å². The molecule has 31 heavy (non-hydrogen) atoms. The van der Waals surface area contributed by atoms with Crippen LogP contribution >= 0.6 is 0 Å². The molecule has 8 nitrogen and oxygen atoms in total. The van der Waals surface area contributed by atoms with Crippen molar-refractivity contribution < 1.29 is 4.74 Å². The summed E-state index contributed by atoms with van der Waals surface area (Å²) in [7, 11) is 1.65. The number of nitrogens with zero attached hydrogens (tertiary/aromatic N) is 6. The topological polar surface area (TPSA) is 82.7 Å². The Kier molecular flexibility index (Phi) is 4.80. The lowest BCUT2D eigenvalue weighted by molar-refractivity contribution is 0.413. The minimum atomic E-state index is 0.496. The van der Waals surface area contributed by atoms with Crippen LogP contribution in [-0.2, 0) is 6.54 Å². The highest BCUT2D eigenvalue weighted by Gasteiger charge is 2.10. The number of ether oxygens (including phenoxy) is 1. The van der Waals surface area contributed by atoms with Gasteiger partial charge in [-0.15, -0.1) is 0 Å². The van der Waals surface area contributed by atoms with E-state index in [0.29, 0.717) is 12.5 Å². The number of imidazole rings is 2. The van der Waals surface area contributed by atoms with Crippen LogP contribution in [-0.4, -0.2) is 36.2 Å². The average molecular weight is 411 g/mol. The molecular weight excluding hydrogens is 390 g/mol. The summed E-state index contributed by atoms with van der Waals surface area (Å²) < 4.78 is 9.54. The van der Waals surface area contributed by atoms with Crippen molar-refractivity contribution in [3.63, 3.8) is 0 Å². The van der Waals surface area contributed by atoms with Gasteiger partial charge in [0.2, 0.25) is 5.95 Å². The number of hydrogen-bond acceptors (Lipinski definition) is 6. The third kappa shape index (κ3) is 3.83. The van der Waals surface area contributed by atoms with Gasteiger partial charge in [0.05, 0.1) is 43.9 Å². The Morgan fingerprint density at radius 3 is 2.65 bits per heavy atom. The fraction of sp³-hybridized carbons (Fsp3) is 0.130. The maximum atomic E-state index is 5.59. The van der Waals surface area contributed by atoms with Crippen molar-refractivity contribution in [2.24, 2.45) is 0 Å². The summed E-state index contributed by atoms with van der Waals surface area (Å²) in [5, 5.41) is 3.27. The van der Waals surface area contributed by atoms with E-state index in [1.54, 1.807) is 26.0 Å². The first-order valence-corrected chi connectivity index (χ1v) is 9.87. The number of anilines is 2. The summed E-state index contributed by atoms with van der Waals surface area (Å²) in [4.78, 5) is 17.8. The molecule has 0 saturated carbocycles. The smallest absolute Gasteiger partial charge is 0.229 e. The second-order valence-electron chi connectivity index (χ2n) is 7.19. The first-order valence-electron chi connectivity index (χ1n) is 9.87. The van der Waals surface area contributed by atoms with Gasteiger partial charge in [-0.3, -0.25) is 0 Å². The van der Waals surface area contributed by atoms with E-state index in [9.17, 15) is 0 Å². The fourth-order valence-electron chi connectivity index (χ4n) is 3.46. The molecule has 0 spiro atoms. The highest BCUT2D eigenvalue weighted by Crippen LogP contribution is 2.28. The molecule has 0 fully saturated rings. The molecule has 5 aromatic rings. The van der Waals surface area contributed by atoms with E-state index in [0.717, 1.165) is 34.0 Å². The molecule has 0 aliphatic carbocycles.